The Kier molecular flexibility index (Phi) is 2.73. The van der Waals surface area contributed by atoms with Gasteiger partial charge in [-0.15, -0.1) is 0 Å². The normalized spacial score (nSPS) is 10.8. The van der Waals surface area contributed by atoms with Crippen LogP contribution in [0, 0.1) is 5.82 Å². The molecule has 0 saturated carbocycles. The predicted molar refractivity (Wildman–Crippen MR) is 49.9 cm³/mol. The number of rotatable bonds is 1. The molecule has 0 aliphatic rings. The number of halogens is 2. The topological polar surface area (TPSA) is 20.2 Å². The van der Waals surface area contributed by atoms with E-state index in [-0.39, 0.29) is 11.7 Å². The molecule has 0 unspecified atom stereocenters. The van der Waals surface area contributed by atoms with E-state index >= 15 is 0 Å². The standard InChI is InChI=1S/C9H10BrFO/c1-5(2)6-3-7(10)9(12)8(11)4-6/h3-5,12H,1-2H3. The van der Waals surface area contributed by atoms with Crippen LogP contribution in [0.1, 0.15) is 25.3 Å². The molecule has 1 aromatic carbocycles. The van der Waals surface area contributed by atoms with E-state index in [1.165, 1.54) is 6.07 Å². The maximum absolute atomic E-state index is 12.9. The minimum absolute atomic E-state index is 0.261. The molecule has 0 radical (unpaired) electrons. The van der Waals surface area contributed by atoms with Crippen molar-refractivity contribution in [3.8, 4) is 5.75 Å². The number of aromatic hydroxyl groups is 1. The minimum Gasteiger partial charge on any atom is -0.504 e. The molecule has 0 aliphatic heterocycles. The quantitative estimate of drug-likeness (QED) is 0.787. The van der Waals surface area contributed by atoms with Gasteiger partial charge in [0, 0.05) is 0 Å². The molecule has 0 aromatic heterocycles. The van der Waals surface area contributed by atoms with Crippen molar-refractivity contribution in [1.29, 1.82) is 0 Å². The van der Waals surface area contributed by atoms with Crippen LogP contribution < -0.4 is 0 Å². The molecule has 3 heteroatoms. The molecule has 0 bridgehead atoms. The number of hydrogen-bond donors (Lipinski definition) is 1. The Morgan fingerprint density at radius 1 is 1.42 bits per heavy atom. The van der Waals surface area contributed by atoms with Gasteiger partial charge >= 0.3 is 0 Å². The minimum atomic E-state index is -0.576. The third-order valence-electron chi connectivity index (χ3n) is 1.71. The lowest BCUT2D eigenvalue weighted by Crippen LogP contribution is -1.89. The Morgan fingerprint density at radius 3 is 2.42 bits per heavy atom. The Labute approximate surface area is 79.4 Å². The van der Waals surface area contributed by atoms with Gasteiger partial charge in [0.1, 0.15) is 0 Å². The SMILES string of the molecule is CC(C)c1cc(F)c(O)c(Br)c1. The first-order chi connectivity index (χ1) is 5.52. The van der Waals surface area contributed by atoms with Gasteiger partial charge in [0.25, 0.3) is 0 Å². The lowest BCUT2D eigenvalue weighted by atomic mass is 10.0. The van der Waals surface area contributed by atoms with Gasteiger partial charge in [-0.1, -0.05) is 13.8 Å². The monoisotopic (exact) mass is 232 g/mol. The van der Waals surface area contributed by atoms with Crippen molar-refractivity contribution in [2.75, 3.05) is 0 Å². The molecule has 0 atom stereocenters. The second-order valence-electron chi connectivity index (χ2n) is 2.99. The summed E-state index contributed by atoms with van der Waals surface area (Å²) >= 11 is 3.08. The van der Waals surface area contributed by atoms with Crippen LogP contribution in [-0.2, 0) is 0 Å². The van der Waals surface area contributed by atoms with Crippen molar-refractivity contribution in [2.24, 2.45) is 0 Å². The van der Waals surface area contributed by atoms with Gasteiger partial charge in [0.05, 0.1) is 4.47 Å². The summed E-state index contributed by atoms with van der Waals surface area (Å²) in [6.45, 7) is 3.94. The van der Waals surface area contributed by atoms with Crippen molar-refractivity contribution < 1.29 is 9.50 Å². The molecule has 0 fully saturated rings. The smallest absolute Gasteiger partial charge is 0.166 e. The van der Waals surface area contributed by atoms with Crippen LogP contribution in [0.3, 0.4) is 0 Å². The molecule has 0 aliphatic carbocycles. The summed E-state index contributed by atoms with van der Waals surface area (Å²) in [5.74, 6) is -0.635. The van der Waals surface area contributed by atoms with Crippen LogP contribution in [-0.4, -0.2) is 5.11 Å². The molecule has 0 saturated heterocycles. The molecule has 0 amide bonds. The number of phenolic OH excluding ortho intramolecular Hbond substituents is 1. The largest absolute Gasteiger partial charge is 0.504 e. The number of phenols is 1. The highest BCUT2D eigenvalue weighted by Crippen LogP contribution is 2.30. The fourth-order valence-corrected chi connectivity index (χ4v) is 1.37. The van der Waals surface area contributed by atoms with E-state index < -0.39 is 5.82 Å². The molecular weight excluding hydrogens is 223 g/mol. The zero-order chi connectivity index (χ0) is 9.30. The highest BCUT2D eigenvalue weighted by molar-refractivity contribution is 9.10. The molecular formula is C9H10BrFO. The molecule has 0 spiro atoms. The van der Waals surface area contributed by atoms with Crippen molar-refractivity contribution in [3.05, 3.63) is 28.0 Å². The predicted octanol–water partition coefficient (Wildman–Crippen LogP) is 3.42. The molecule has 1 nitrogen and oxygen atoms in total. The van der Waals surface area contributed by atoms with E-state index in [1.807, 2.05) is 13.8 Å². The fourth-order valence-electron chi connectivity index (χ4n) is 0.918. The van der Waals surface area contributed by atoms with Crippen molar-refractivity contribution in [3.63, 3.8) is 0 Å². The summed E-state index contributed by atoms with van der Waals surface area (Å²) < 4.78 is 13.3. The lowest BCUT2D eigenvalue weighted by molar-refractivity contribution is 0.428. The van der Waals surface area contributed by atoms with E-state index in [2.05, 4.69) is 15.9 Å². The number of benzene rings is 1. The molecule has 0 heterocycles. The lowest BCUT2D eigenvalue weighted by Gasteiger charge is -2.07. The van der Waals surface area contributed by atoms with E-state index in [0.29, 0.717) is 4.47 Å². The van der Waals surface area contributed by atoms with Crippen LogP contribution >= 0.6 is 15.9 Å². The average Bonchev–Trinajstić information content (AvgIpc) is 1.99. The summed E-state index contributed by atoms with van der Waals surface area (Å²) in [4.78, 5) is 0. The summed E-state index contributed by atoms with van der Waals surface area (Å²) in [5.41, 5.74) is 0.872. The highest BCUT2D eigenvalue weighted by Gasteiger charge is 2.09. The third kappa shape index (κ3) is 1.78. The van der Waals surface area contributed by atoms with Crippen LogP contribution in [0.2, 0.25) is 0 Å². The van der Waals surface area contributed by atoms with E-state index in [1.54, 1.807) is 6.07 Å². The average molecular weight is 233 g/mol. The second kappa shape index (κ2) is 3.44. The van der Waals surface area contributed by atoms with Gasteiger partial charge < -0.3 is 5.11 Å². The van der Waals surface area contributed by atoms with Gasteiger partial charge in [-0.05, 0) is 39.5 Å². The van der Waals surface area contributed by atoms with E-state index in [9.17, 15) is 4.39 Å². The van der Waals surface area contributed by atoms with Crippen molar-refractivity contribution >= 4 is 15.9 Å². The van der Waals surface area contributed by atoms with Gasteiger partial charge in [0.15, 0.2) is 11.6 Å². The van der Waals surface area contributed by atoms with Crippen LogP contribution in [0.25, 0.3) is 0 Å². The highest BCUT2D eigenvalue weighted by atomic mass is 79.9. The maximum atomic E-state index is 12.9. The Balaban J connectivity index is 3.21. The van der Waals surface area contributed by atoms with Gasteiger partial charge in [-0.25, -0.2) is 4.39 Å². The van der Waals surface area contributed by atoms with Crippen LogP contribution in [0.5, 0.6) is 5.75 Å². The third-order valence-corrected chi connectivity index (χ3v) is 2.31. The summed E-state index contributed by atoms with van der Waals surface area (Å²) in [7, 11) is 0. The fraction of sp³-hybridized carbons (Fsp3) is 0.333. The Hall–Kier alpha value is -0.570. The van der Waals surface area contributed by atoms with Crippen LogP contribution in [0.4, 0.5) is 4.39 Å². The molecule has 1 N–H and O–H groups in total. The van der Waals surface area contributed by atoms with E-state index in [4.69, 9.17) is 5.11 Å². The van der Waals surface area contributed by atoms with Gasteiger partial charge in [0.2, 0.25) is 0 Å². The molecule has 66 valence electrons. The molecule has 1 aromatic rings. The Morgan fingerprint density at radius 2 is 2.00 bits per heavy atom. The first-order valence-corrected chi connectivity index (χ1v) is 4.49. The zero-order valence-corrected chi connectivity index (χ0v) is 8.52. The zero-order valence-electron chi connectivity index (χ0n) is 6.94. The summed E-state index contributed by atoms with van der Waals surface area (Å²) in [5, 5.41) is 9.09. The Bertz CT molecular complexity index is 274. The summed E-state index contributed by atoms with van der Waals surface area (Å²) in [6.07, 6.45) is 0. The molecule has 1 rings (SSSR count). The number of hydrogen-bond acceptors (Lipinski definition) is 1. The first-order valence-electron chi connectivity index (χ1n) is 3.70. The summed E-state index contributed by atoms with van der Waals surface area (Å²) in [6, 6.07) is 3.08. The molecule has 12 heavy (non-hydrogen) atoms. The van der Waals surface area contributed by atoms with Gasteiger partial charge in [-0.3, -0.25) is 0 Å². The van der Waals surface area contributed by atoms with Crippen LogP contribution in [0.15, 0.2) is 16.6 Å². The second-order valence-corrected chi connectivity index (χ2v) is 3.84. The van der Waals surface area contributed by atoms with Gasteiger partial charge in [-0.2, -0.15) is 0 Å². The van der Waals surface area contributed by atoms with E-state index in [0.717, 1.165) is 5.56 Å². The maximum Gasteiger partial charge on any atom is 0.166 e. The first kappa shape index (κ1) is 9.52. The van der Waals surface area contributed by atoms with Crippen molar-refractivity contribution in [2.45, 2.75) is 19.8 Å². The van der Waals surface area contributed by atoms with Crippen molar-refractivity contribution in [1.82, 2.24) is 0 Å².